The zero-order chi connectivity index (χ0) is 11.1. The SMILES string of the molecule is CCCNC(=O)CNC1CCCC1SC. The van der Waals surface area contributed by atoms with Crippen molar-refractivity contribution in [3.8, 4) is 0 Å². The normalized spacial score (nSPS) is 25.5. The average molecular weight is 230 g/mol. The van der Waals surface area contributed by atoms with E-state index in [0.717, 1.165) is 13.0 Å². The fourth-order valence-corrected chi connectivity index (χ4v) is 2.96. The first-order valence-electron chi connectivity index (χ1n) is 5.80. The van der Waals surface area contributed by atoms with Crippen molar-refractivity contribution < 1.29 is 4.79 Å². The Kier molecular flexibility index (Phi) is 6.10. The molecule has 88 valence electrons. The summed E-state index contributed by atoms with van der Waals surface area (Å²) in [5.74, 6) is 0.128. The van der Waals surface area contributed by atoms with E-state index in [2.05, 4.69) is 23.8 Å². The zero-order valence-corrected chi connectivity index (χ0v) is 10.5. The lowest BCUT2D eigenvalue weighted by Gasteiger charge is -2.18. The predicted molar refractivity (Wildman–Crippen MR) is 66.2 cm³/mol. The summed E-state index contributed by atoms with van der Waals surface area (Å²) in [6.07, 6.45) is 6.95. The van der Waals surface area contributed by atoms with Crippen LogP contribution >= 0.6 is 11.8 Å². The monoisotopic (exact) mass is 230 g/mol. The van der Waals surface area contributed by atoms with Gasteiger partial charge >= 0.3 is 0 Å². The molecule has 2 N–H and O–H groups in total. The highest BCUT2D eigenvalue weighted by molar-refractivity contribution is 7.99. The van der Waals surface area contributed by atoms with Crippen molar-refractivity contribution >= 4 is 17.7 Å². The van der Waals surface area contributed by atoms with E-state index in [0.29, 0.717) is 17.8 Å². The van der Waals surface area contributed by atoms with Gasteiger partial charge in [-0.2, -0.15) is 11.8 Å². The molecule has 4 heteroatoms. The summed E-state index contributed by atoms with van der Waals surface area (Å²) < 4.78 is 0. The summed E-state index contributed by atoms with van der Waals surface area (Å²) >= 11 is 1.92. The summed E-state index contributed by atoms with van der Waals surface area (Å²) in [6.45, 7) is 3.33. The highest BCUT2D eigenvalue weighted by Gasteiger charge is 2.26. The summed E-state index contributed by atoms with van der Waals surface area (Å²) in [6, 6.07) is 0.535. The smallest absolute Gasteiger partial charge is 0.233 e. The predicted octanol–water partition coefficient (Wildman–Crippen LogP) is 1.39. The van der Waals surface area contributed by atoms with Gasteiger partial charge in [-0.25, -0.2) is 0 Å². The van der Waals surface area contributed by atoms with E-state index in [1.165, 1.54) is 19.3 Å². The summed E-state index contributed by atoms with van der Waals surface area (Å²) in [5.41, 5.74) is 0. The third kappa shape index (κ3) is 4.43. The molecule has 1 aliphatic rings. The molecule has 0 aromatic heterocycles. The highest BCUT2D eigenvalue weighted by Crippen LogP contribution is 2.28. The highest BCUT2D eigenvalue weighted by atomic mass is 32.2. The third-order valence-corrected chi connectivity index (χ3v) is 4.02. The van der Waals surface area contributed by atoms with Crippen LogP contribution in [-0.4, -0.2) is 36.5 Å². The van der Waals surface area contributed by atoms with E-state index < -0.39 is 0 Å². The molecule has 0 aromatic rings. The Morgan fingerprint density at radius 2 is 2.27 bits per heavy atom. The van der Waals surface area contributed by atoms with Crippen LogP contribution in [0.15, 0.2) is 0 Å². The summed E-state index contributed by atoms with van der Waals surface area (Å²) in [5, 5.41) is 6.94. The summed E-state index contributed by atoms with van der Waals surface area (Å²) in [7, 11) is 0. The van der Waals surface area contributed by atoms with Crippen molar-refractivity contribution in [2.24, 2.45) is 0 Å². The lowest BCUT2D eigenvalue weighted by atomic mass is 10.2. The van der Waals surface area contributed by atoms with E-state index in [1.54, 1.807) is 0 Å². The number of rotatable bonds is 6. The molecule has 0 heterocycles. The van der Waals surface area contributed by atoms with Crippen LogP contribution in [0.1, 0.15) is 32.6 Å². The van der Waals surface area contributed by atoms with Gasteiger partial charge in [0.25, 0.3) is 0 Å². The van der Waals surface area contributed by atoms with Crippen LogP contribution in [0.25, 0.3) is 0 Å². The van der Waals surface area contributed by atoms with Crippen molar-refractivity contribution in [3.05, 3.63) is 0 Å². The molecule has 0 radical (unpaired) electrons. The Balaban J connectivity index is 2.15. The first-order chi connectivity index (χ1) is 7.27. The zero-order valence-electron chi connectivity index (χ0n) is 9.71. The lowest BCUT2D eigenvalue weighted by molar-refractivity contribution is -0.120. The number of thioether (sulfide) groups is 1. The van der Waals surface area contributed by atoms with E-state index >= 15 is 0 Å². The molecule has 15 heavy (non-hydrogen) atoms. The van der Waals surface area contributed by atoms with Crippen LogP contribution < -0.4 is 10.6 Å². The number of amides is 1. The van der Waals surface area contributed by atoms with Crippen LogP contribution in [-0.2, 0) is 4.79 Å². The first kappa shape index (κ1) is 12.8. The largest absolute Gasteiger partial charge is 0.355 e. The number of hydrogen-bond donors (Lipinski definition) is 2. The minimum Gasteiger partial charge on any atom is -0.355 e. The maximum absolute atomic E-state index is 11.4. The van der Waals surface area contributed by atoms with Gasteiger partial charge in [0, 0.05) is 17.8 Å². The van der Waals surface area contributed by atoms with Gasteiger partial charge in [0.1, 0.15) is 0 Å². The van der Waals surface area contributed by atoms with Crippen LogP contribution in [0.4, 0.5) is 0 Å². The molecule has 1 aliphatic carbocycles. The van der Waals surface area contributed by atoms with Gasteiger partial charge in [0.2, 0.25) is 5.91 Å². The third-order valence-electron chi connectivity index (χ3n) is 2.85. The molecule has 0 saturated heterocycles. The number of hydrogen-bond acceptors (Lipinski definition) is 3. The molecule has 1 rings (SSSR count). The molecule has 2 atom stereocenters. The maximum atomic E-state index is 11.4. The van der Waals surface area contributed by atoms with Gasteiger partial charge in [0.05, 0.1) is 6.54 Å². The molecule has 1 fully saturated rings. The van der Waals surface area contributed by atoms with Crippen molar-refractivity contribution in [1.82, 2.24) is 10.6 Å². The average Bonchev–Trinajstić information content (AvgIpc) is 2.70. The van der Waals surface area contributed by atoms with Crippen LogP contribution in [0.5, 0.6) is 0 Å². The molecule has 3 nitrogen and oxygen atoms in total. The van der Waals surface area contributed by atoms with Gasteiger partial charge in [-0.05, 0) is 25.5 Å². The number of carbonyl (C=O) groups excluding carboxylic acids is 1. The van der Waals surface area contributed by atoms with Gasteiger partial charge in [-0.3, -0.25) is 4.79 Å². The quantitative estimate of drug-likeness (QED) is 0.724. The molecular formula is C11H22N2OS. The van der Waals surface area contributed by atoms with Crippen molar-refractivity contribution in [2.45, 2.75) is 43.9 Å². The molecule has 1 amide bonds. The van der Waals surface area contributed by atoms with Gasteiger partial charge in [-0.15, -0.1) is 0 Å². The molecule has 0 aromatic carbocycles. The van der Waals surface area contributed by atoms with Crippen LogP contribution in [0.2, 0.25) is 0 Å². The Morgan fingerprint density at radius 3 is 2.93 bits per heavy atom. The lowest BCUT2D eigenvalue weighted by Crippen LogP contribution is -2.41. The molecule has 0 spiro atoms. The molecule has 1 saturated carbocycles. The Hall–Kier alpha value is -0.220. The van der Waals surface area contributed by atoms with Gasteiger partial charge in [-0.1, -0.05) is 13.3 Å². The van der Waals surface area contributed by atoms with Crippen LogP contribution in [0.3, 0.4) is 0 Å². The minimum absolute atomic E-state index is 0.128. The molecule has 2 unspecified atom stereocenters. The summed E-state index contributed by atoms with van der Waals surface area (Å²) in [4.78, 5) is 11.4. The molecule has 0 aliphatic heterocycles. The van der Waals surface area contributed by atoms with Gasteiger partial charge in [0.15, 0.2) is 0 Å². The van der Waals surface area contributed by atoms with Crippen molar-refractivity contribution in [3.63, 3.8) is 0 Å². The topological polar surface area (TPSA) is 41.1 Å². The van der Waals surface area contributed by atoms with Crippen molar-refractivity contribution in [1.29, 1.82) is 0 Å². The first-order valence-corrected chi connectivity index (χ1v) is 7.09. The fraction of sp³-hybridized carbons (Fsp3) is 0.909. The second-order valence-corrected chi connectivity index (χ2v) is 5.12. The van der Waals surface area contributed by atoms with Crippen molar-refractivity contribution in [2.75, 3.05) is 19.3 Å². The molecular weight excluding hydrogens is 208 g/mol. The Labute approximate surface area is 96.8 Å². The number of nitrogens with one attached hydrogen (secondary N) is 2. The van der Waals surface area contributed by atoms with E-state index in [9.17, 15) is 4.79 Å². The minimum atomic E-state index is 0.128. The fourth-order valence-electron chi connectivity index (χ4n) is 1.99. The molecule has 0 bridgehead atoms. The Bertz CT molecular complexity index is 199. The maximum Gasteiger partial charge on any atom is 0.233 e. The second-order valence-electron chi connectivity index (χ2n) is 4.04. The van der Waals surface area contributed by atoms with E-state index in [4.69, 9.17) is 0 Å². The number of carbonyl (C=O) groups is 1. The second kappa shape index (κ2) is 7.12. The van der Waals surface area contributed by atoms with E-state index in [1.807, 2.05) is 11.8 Å². The Morgan fingerprint density at radius 1 is 1.47 bits per heavy atom. The van der Waals surface area contributed by atoms with E-state index in [-0.39, 0.29) is 5.91 Å². The standard InChI is InChI=1S/C11H22N2OS/c1-3-7-12-11(14)8-13-9-5-4-6-10(9)15-2/h9-10,13H,3-8H2,1-2H3,(H,12,14). The van der Waals surface area contributed by atoms with Gasteiger partial charge < -0.3 is 10.6 Å². The van der Waals surface area contributed by atoms with Crippen LogP contribution in [0, 0.1) is 0 Å².